The van der Waals surface area contributed by atoms with Crippen molar-refractivity contribution in [3.63, 3.8) is 0 Å². The van der Waals surface area contributed by atoms with Crippen LogP contribution in [0.3, 0.4) is 0 Å². The average Bonchev–Trinajstić information content (AvgIpc) is 3.19. The van der Waals surface area contributed by atoms with Gasteiger partial charge in [0, 0.05) is 32.1 Å². The van der Waals surface area contributed by atoms with Gasteiger partial charge < -0.3 is 15.0 Å². The summed E-state index contributed by atoms with van der Waals surface area (Å²) < 4.78 is 20.0. The van der Waals surface area contributed by atoms with Gasteiger partial charge in [-0.15, -0.1) is 0 Å². The van der Waals surface area contributed by atoms with E-state index in [1.165, 1.54) is 18.3 Å². The van der Waals surface area contributed by atoms with Crippen molar-refractivity contribution in [2.24, 2.45) is 0 Å². The third kappa shape index (κ3) is 4.28. The quantitative estimate of drug-likeness (QED) is 0.543. The third-order valence-corrected chi connectivity index (χ3v) is 6.66. The number of nitrogens with zero attached hydrogens (tertiary/aromatic N) is 3. The highest BCUT2D eigenvalue weighted by molar-refractivity contribution is 6.10. The van der Waals surface area contributed by atoms with Gasteiger partial charge in [0.25, 0.3) is 5.91 Å². The summed E-state index contributed by atoms with van der Waals surface area (Å²) >= 11 is 0. The van der Waals surface area contributed by atoms with Gasteiger partial charge in [-0.2, -0.15) is 0 Å². The average molecular weight is 489 g/mol. The summed E-state index contributed by atoms with van der Waals surface area (Å²) in [6, 6.07) is 14.9. The second kappa shape index (κ2) is 9.41. The van der Waals surface area contributed by atoms with Crippen LogP contribution < -0.4 is 15.0 Å². The molecule has 1 unspecified atom stereocenters. The van der Waals surface area contributed by atoms with Crippen LogP contribution in [0.4, 0.5) is 10.1 Å². The maximum atomic E-state index is 14.5. The standard InChI is InChI=1S/C27H25FN4O4/c1-27-12-10-25(34)32(27)22-7-3-2-6-20(22)26(35)31(27)14-11-24(33)30-16-18-8-9-23(21(28)15-18)36-19-5-4-13-29-17-19/h2-9,13,15,17H,10-12,14,16H2,1H3,(H,30,33). The molecule has 2 aromatic carbocycles. The number of rotatable bonds is 7. The Morgan fingerprint density at radius 2 is 2.00 bits per heavy atom. The number of ether oxygens (including phenoxy) is 1. The van der Waals surface area contributed by atoms with Crippen LogP contribution in [0.15, 0.2) is 67.0 Å². The highest BCUT2D eigenvalue weighted by Gasteiger charge is 2.52. The molecule has 0 spiro atoms. The molecular formula is C27H25FN4O4. The monoisotopic (exact) mass is 488 g/mol. The van der Waals surface area contributed by atoms with E-state index in [9.17, 15) is 18.8 Å². The van der Waals surface area contributed by atoms with Crippen LogP contribution in [0.5, 0.6) is 11.5 Å². The SMILES string of the molecule is CC12CCC(=O)N1c1ccccc1C(=O)N2CCC(=O)NCc1ccc(Oc2cccnc2)c(F)c1. The van der Waals surface area contributed by atoms with E-state index >= 15 is 0 Å². The van der Waals surface area contributed by atoms with Gasteiger partial charge in [0.05, 0.1) is 17.4 Å². The van der Waals surface area contributed by atoms with Gasteiger partial charge in [0.2, 0.25) is 11.8 Å². The van der Waals surface area contributed by atoms with E-state index in [1.54, 1.807) is 52.4 Å². The molecule has 1 saturated heterocycles. The number of anilines is 1. The lowest BCUT2D eigenvalue weighted by atomic mass is 9.98. The number of nitrogens with one attached hydrogen (secondary N) is 1. The third-order valence-electron chi connectivity index (χ3n) is 6.66. The van der Waals surface area contributed by atoms with Crippen molar-refractivity contribution < 1.29 is 23.5 Å². The van der Waals surface area contributed by atoms with Crippen LogP contribution in [0.25, 0.3) is 0 Å². The zero-order valence-corrected chi connectivity index (χ0v) is 19.7. The molecule has 36 heavy (non-hydrogen) atoms. The molecule has 0 bridgehead atoms. The number of hydrogen-bond acceptors (Lipinski definition) is 5. The number of para-hydroxylation sites is 1. The summed E-state index contributed by atoms with van der Waals surface area (Å²) in [5.41, 5.74) is 0.832. The summed E-state index contributed by atoms with van der Waals surface area (Å²) in [7, 11) is 0. The molecule has 1 fully saturated rings. The Kier molecular flexibility index (Phi) is 6.13. The van der Waals surface area contributed by atoms with E-state index in [2.05, 4.69) is 10.3 Å². The molecule has 1 N–H and O–H groups in total. The number of carbonyl (C=O) groups is 3. The Morgan fingerprint density at radius 3 is 2.78 bits per heavy atom. The summed E-state index contributed by atoms with van der Waals surface area (Å²) in [5.74, 6) is -0.586. The predicted molar refractivity (Wildman–Crippen MR) is 130 cm³/mol. The number of benzene rings is 2. The molecule has 2 aliphatic rings. The van der Waals surface area contributed by atoms with Crippen molar-refractivity contribution in [3.8, 4) is 11.5 Å². The molecule has 1 aromatic heterocycles. The molecule has 3 amide bonds. The van der Waals surface area contributed by atoms with E-state index in [1.807, 2.05) is 13.0 Å². The molecule has 3 aromatic rings. The maximum Gasteiger partial charge on any atom is 0.257 e. The normalized spacial score (nSPS) is 18.6. The number of aromatic nitrogens is 1. The molecule has 0 radical (unpaired) electrons. The number of hydrogen-bond donors (Lipinski definition) is 1. The Hall–Kier alpha value is -4.27. The molecule has 8 nitrogen and oxygen atoms in total. The fourth-order valence-corrected chi connectivity index (χ4v) is 4.82. The van der Waals surface area contributed by atoms with Gasteiger partial charge in [-0.1, -0.05) is 18.2 Å². The summed E-state index contributed by atoms with van der Waals surface area (Å²) in [6.07, 6.45) is 3.97. The fraction of sp³-hybridized carbons (Fsp3) is 0.259. The van der Waals surface area contributed by atoms with E-state index in [-0.39, 0.29) is 43.0 Å². The first kappa shape index (κ1) is 23.5. The topological polar surface area (TPSA) is 91.8 Å². The molecule has 0 saturated carbocycles. The van der Waals surface area contributed by atoms with Crippen LogP contribution >= 0.6 is 0 Å². The first-order valence-corrected chi connectivity index (χ1v) is 11.7. The molecule has 0 aliphatic carbocycles. The minimum absolute atomic E-state index is 0.0371. The van der Waals surface area contributed by atoms with E-state index in [0.717, 1.165) is 0 Å². The summed E-state index contributed by atoms with van der Waals surface area (Å²) in [5, 5.41) is 2.77. The Balaban J connectivity index is 1.21. The molecule has 3 heterocycles. The smallest absolute Gasteiger partial charge is 0.257 e. The van der Waals surface area contributed by atoms with Crippen molar-refractivity contribution in [2.75, 3.05) is 11.4 Å². The Morgan fingerprint density at radius 1 is 1.17 bits per heavy atom. The van der Waals surface area contributed by atoms with Crippen molar-refractivity contribution >= 4 is 23.4 Å². The molecule has 5 rings (SSSR count). The number of fused-ring (bicyclic) bond motifs is 3. The minimum atomic E-state index is -0.809. The number of carbonyl (C=O) groups excluding carboxylic acids is 3. The highest BCUT2D eigenvalue weighted by atomic mass is 19.1. The predicted octanol–water partition coefficient (Wildman–Crippen LogP) is 4.02. The first-order valence-electron chi connectivity index (χ1n) is 11.7. The fourth-order valence-electron chi connectivity index (χ4n) is 4.82. The Bertz CT molecular complexity index is 1330. The summed E-state index contributed by atoms with van der Waals surface area (Å²) in [4.78, 5) is 45.7. The lowest BCUT2D eigenvalue weighted by Crippen LogP contribution is -2.62. The van der Waals surface area contributed by atoms with Crippen LogP contribution in [0.1, 0.15) is 42.1 Å². The first-order chi connectivity index (χ1) is 17.4. The molecule has 1 atom stereocenters. The van der Waals surface area contributed by atoms with Crippen LogP contribution in [-0.4, -0.2) is 39.8 Å². The van der Waals surface area contributed by atoms with E-state index < -0.39 is 11.5 Å². The van der Waals surface area contributed by atoms with Gasteiger partial charge in [0.1, 0.15) is 11.4 Å². The van der Waals surface area contributed by atoms with Gasteiger partial charge in [0.15, 0.2) is 11.6 Å². The van der Waals surface area contributed by atoms with Crippen molar-refractivity contribution in [2.45, 2.75) is 38.4 Å². The zero-order chi connectivity index (χ0) is 25.3. The Labute approximate surface area is 207 Å². The van der Waals surface area contributed by atoms with Crippen molar-refractivity contribution in [1.29, 1.82) is 0 Å². The number of pyridine rings is 1. The minimum Gasteiger partial charge on any atom is -0.453 e. The van der Waals surface area contributed by atoms with Crippen molar-refractivity contribution in [1.82, 2.24) is 15.2 Å². The van der Waals surface area contributed by atoms with Crippen molar-refractivity contribution in [3.05, 3.63) is 83.9 Å². The maximum absolute atomic E-state index is 14.5. The van der Waals surface area contributed by atoms with Gasteiger partial charge in [-0.05, 0) is 55.3 Å². The molecule has 2 aliphatic heterocycles. The van der Waals surface area contributed by atoms with Crippen LogP contribution in [0, 0.1) is 5.82 Å². The zero-order valence-electron chi connectivity index (χ0n) is 19.7. The second-order valence-corrected chi connectivity index (χ2v) is 9.00. The van der Waals surface area contributed by atoms with E-state index in [4.69, 9.17) is 4.74 Å². The second-order valence-electron chi connectivity index (χ2n) is 9.00. The van der Waals surface area contributed by atoms with Gasteiger partial charge in [-0.3, -0.25) is 24.3 Å². The molecule has 9 heteroatoms. The lowest BCUT2D eigenvalue weighted by Gasteiger charge is -2.48. The lowest BCUT2D eigenvalue weighted by molar-refractivity contribution is -0.121. The van der Waals surface area contributed by atoms with Gasteiger partial charge >= 0.3 is 0 Å². The van der Waals surface area contributed by atoms with Crippen LogP contribution in [-0.2, 0) is 16.1 Å². The number of halogens is 1. The highest BCUT2D eigenvalue weighted by Crippen LogP contribution is 2.43. The van der Waals surface area contributed by atoms with E-state index in [0.29, 0.717) is 35.4 Å². The van der Waals surface area contributed by atoms with Crippen LogP contribution in [0.2, 0.25) is 0 Å². The number of amides is 3. The van der Waals surface area contributed by atoms with Gasteiger partial charge in [-0.25, -0.2) is 4.39 Å². The summed E-state index contributed by atoms with van der Waals surface area (Å²) in [6.45, 7) is 2.15. The molecule has 184 valence electrons. The largest absolute Gasteiger partial charge is 0.453 e. The molecular weight excluding hydrogens is 463 g/mol.